The third-order valence-electron chi connectivity index (χ3n) is 5.00. The molecular formula is C21H17F3N2O3. The van der Waals surface area contributed by atoms with Gasteiger partial charge in [0.15, 0.2) is 5.69 Å². The number of alkyl halides is 3. The fraction of sp³-hybridized carbons (Fsp3) is 0.238. The van der Waals surface area contributed by atoms with Crippen molar-refractivity contribution in [2.45, 2.75) is 19.0 Å². The van der Waals surface area contributed by atoms with Crippen molar-refractivity contribution in [3.8, 4) is 22.7 Å². The summed E-state index contributed by atoms with van der Waals surface area (Å²) in [4.78, 5) is 11.6. The van der Waals surface area contributed by atoms with E-state index in [1.165, 1.54) is 23.9 Å². The minimum Gasteiger partial charge on any atom is -0.497 e. The van der Waals surface area contributed by atoms with E-state index in [2.05, 4.69) is 9.84 Å². The molecular weight excluding hydrogens is 385 g/mol. The molecule has 4 rings (SSSR count). The monoisotopic (exact) mass is 402 g/mol. The third-order valence-corrected chi connectivity index (χ3v) is 5.00. The van der Waals surface area contributed by atoms with Gasteiger partial charge in [0, 0.05) is 11.1 Å². The molecule has 29 heavy (non-hydrogen) atoms. The molecule has 0 N–H and O–H groups in total. The zero-order valence-electron chi connectivity index (χ0n) is 15.7. The van der Waals surface area contributed by atoms with Crippen LogP contribution in [0, 0.1) is 0 Å². The molecule has 3 aromatic rings. The number of benzene rings is 2. The lowest BCUT2D eigenvalue weighted by atomic mass is 9.88. The van der Waals surface area contributed by atoms with Crippen molar-refractivity contribution < 1.29 is 27.4 Å². The molecule has 0 saturated heterocycles. The van der Waals surface area contributed by atoms with E-state index in [0.29, 0.717) is 34.7 Å². The maximum absolute atomic E-state index is 13.7. The number of ether oxygens (including phenoxy) is 2. The van der Waals surface area contributed by atoms with Crippen molar-refractivity contribution >= 4 is 5.97 Å². The number of aryl methyl sites for hydroxylation is 1. The number of hydrogen-bond acceptors (Lipinski definition) is 4. The van der Waals surface area contributed by atoms with Crippen molar-refractivity contribution in [1.82, 2.24) is 9.78 Å². The summed E-state index contributed by atoms with van der Waals surface area (Å²) in [5, 5.41) is 3.91. The van der Waals surface area contributed by atoms with E-state index in [0.717, 1.165) is 5.56 Å². The van der Waals surface area contributed by atoms with Crippen LogP contribution >= 0.6 is 0 Å². The number of hydrogen-bond donors (Lipinski definition) is 0. The van der Waals surface area contributed by atoms with Gasteiger partial charge in [-0.15, -0.1) is 0 Å². The van der Waals surface area contributed by atoms with Crippen molar-refractivity contribution in [2.75, 3.05) is 14.2 Å². The second-order valence-electron chi connectivity index (χ2n) is 6.65. The zero-order chi connectivity index (χ0) is 20.8. The third kappa shape index (κ3) is 3.24. The van der Waals surface area contributed by atoms with Gasteiger partial charge in [0.25, 0.3) is 0 Å². The first-order valence-corrected chi connectivity index (χ1v) is 8.88. The summed E-state index contributed by atoms with van der Waals surface area (Å²) >= 11 is 0. The molecule has 1 aliphatic rings. The number of esters is 1. The lowest BCUT2D eigenvalue weighted by Crippen LogP contribution is -2.11. The molecule has 1 aliphatic carbocycles. The Morgan fingerprint density at radius 1 is 1.07 bits per heavy atom. The van der Waals surface area contributed by atoms with Crippen molar-refractivity contribution in [2.24, 2.45) is 0 Å². The summed E-state index contributed by atoms with van der Waals surface area (Å²) in [7, 11) is 2.81. The van der Waals surface area contributed by atoms with Gasteiger partial charge in [-0.05, 0) is 60.9 Å². The van der Waals surface area contributed by atoms with Crippen molar-refractivity contribution in [3.05, 3.63) is 64.8 Å². The molecule has 0 saturated carbocycles. The normalized spacial score (nSPS) is 12.9. The highest BCUT2D eigenvalue weighted by Crippen LogP contribution is 2.42. The van der Waals surface area contributed by atoms with Crippen molar-refractivity contribution in [3.63, 3.8) is 0 Å². The number of aromatic nitrogens is 2. The Morgan fingerprint density at radius 3 is 2.41 bits per heavy atom. The van der Waals surface area contributed by atoms with Crippen LogP contribution in [-0.4, -0.2) is 30.0 Å². The minimum atomic E-state index is -4.56. The number of carbonyl (C=O) groups is 1. The molecule has 0 amide bonds. The maximum Gasteiger partial charge on any atom is 0.435 e. The molecule has 0 unspecified atom stereocenters. The minimum absolute atomic E-state index is 0.173. The molecule has 8 heteroatoms. The van der Waals surface area contributed by atoms with Crippen LogP contribution in [0.2, 0.25) is 0 Å². The zero-order valence-corrected chi connectivity index (χ0v) is 15.7. The predicted octanol–water partition coefficient (Wildman–Crippen LogP) is 4.45. The molecule has 0 fully saturated rings. The van der Waals surface area contributed by atoms with Gasteiger partial charge in [0.05, 0.1) is 31.2 Å². The average Bonchev–Trinajstić information content (AvgIpc) is 3.13. The number of nitrogens with zero attached hydrogens (tertiary/aromatic N) is 2. The number of halogens is 3. The molecule has 150 valence electrons. The Labute approximate surface area is 164 Å². The Hall–Kier alpha value is -3.29. The van der Waals surface area contributed by atoms with Gasteiger partial charge in [-0.2, -0.15) is 18.3 Å². The topological polar surface area (TPSA) is 53.4 Å². The fourth-order valence-corrected chi connectivity index (χ4v) is 3.63. The molecule has 0 atom stereocenters. The second kappa shape index (κ2) is 6.95. The van der Waals surface area contributed by atoms with E-state index >= 15 is 0 Å². The highest BCUT2D eigenvalue weighted by Gasteiger charge is 2.40. The highest BCUT2D eigenvalue weighted by molar-refractivity contribution is 5.89. The van der Waals surface area contributed by atoms with Crippen LogP contribution in [0.4, 0.5) is 13.2 Å². The Balaban J connectivity index is 1.91. The van der Waals surface area contributed by atoms with Crippen LogP contribution < -0.4 is 4.74 Å². The molecule has 0 aliphatic heterocycles. The van der Waals surface area contributed by atoms with Gasteiger partial charge in [-0.25, -0.2) is 9.48 Å². The van der Waals surface area contributed by atoms with Gasteiger partial charge in [0.1, 0.15) is 5.75 Å². The van der Waals surface area contributed by atoms with Crippen LogP contribution in [0.1, 0.15) is 27.2 Å². The summed E-state index contributed by atoms with van der Waals surface area (Å²) in [5.74, 6) is 0.129. The standard InChI is InChI=1S/C21H17F3N2O3/c1-28-15-8-10-16-13(11-15)5-9-17-18(16)26(25-19(17)21(22,23)24)14-6-3-12(4-7-14)20(27)29-2/h3-4,6-8,10-11H,5,9H2,1-2H3. The van der Waals surface area contributed by atoms with Gasteiger partial charge in [0.2, 0.25) is 0 Å². The van der Waals surface area contributed by atoms with E-state index in [1.54, 1.807) is 31.4 Å². The van der Waals surface area contributed by atoms with Gasteiger partial charge in [-0.1, -0.05) is 0 Å². The summed E-state index contributed by atoms with van der Waals surface area (Å²) in [5.41, 5.74) is 2.02. The fourth-order valence-electron chi connectivity index (χ4n) is 3.63. The molecule has 5 nitrogen and oxygen atoms in total. The van der Waals surface area contributed by atoms with E-state index < -0.39 is 17.8 Å². The van der Waals surface area contributed by atoms with Crippen LogP contribution in [0.15, 0.2) is 42.5 Å². The molecule has 1 heterocycles. The van der Waals surface area contributed by atoms with Crippen LogP contribution in [-0.2, 0) is 23.8 Å². The summed E-state index contributed by atoms with van der Waals surface area (Å²) in [6.45, 7) is 0. The molecule has 2 aromatic carbocycles. The molecule has 0 spiro atoms. The molecule has 0 bridgehead atoms. The van der Waals surface area contributed by atoms with E-state index in [4.69, 9.17) is 4.74 Å². The largest absolute Gasteiger partial charge is 0.497 e. The van der Waals surface area contributed by atoms with Crippen molar-refractivity contribution in [1.29, 1.82) is 0 Å². The predicted molar refractivity (Wildman–Crippen MR) is 99.3 cm³/mol. The second-order valence-corrected chi connectivity index (χ2v) is 6.65. The molecule has 1 aromatic heterocycles. The Morgan fingerprint density at radius 2 is 1.79 bits per heavy atom. The van der Waals surface area contributed by atoms with Gasteiger partial charge < -0.3 is 9.47 Å². The Kier molecular flexibility index (Phi) is 4.56. The SMILES string of the molecule is COC(=O)c1ccc(-n2nc(C(F)(F)F)c3c2-c2ccc(OC)cc2CC3)cc1. The smallest absolute Gasteiger partial charge is 0.435 e. The van der Waals surface area contributed by atoms with Crippen LogP contribution in [0.5, 0.6) is 5.75 Å². The van der Waals surface area contributed by atoms with Gasteiger partial charge >= 0.3 is 12.1 Å². The Bertz CT molecular complexity index is 1090. The van der Waals surface area contributed by atoms with Crippen LogP contribution in [0.3, 0.4) is 0 Å². The summed E-state index contributed by atoms with van der Waals surface area (Å²) in [6.07, 6.45) is -3.87. The quantitative estimate of drug-likeness (QED) is 0.608. The maximum atomic E-state index is 13.7. The van der Waals surface area contributed by atoms with E-state index in [1.807, 2.05) is 6.07 Å². The van der Waals surface area contributed by atoms with E-state index in [9.17, 15) is 18.0 Å². The first-order valence-electron chi connectivity index (χ1n) is 8.88. The lowest BCUT2D eigenvalue weighted by Gasteiger charge is -2.20. The highest BCUT2D eigenvalue weighted by atomic mass is 19.4. The first kappa shape index (κ1) is 19.0. The summed E-state index contributed by atoms with van der Waals surface area (Å²) in [6, 6.07) is 11.4. The molecule has 0 radical (unpaired) electrons. The number of fused-ring (bicyclic) bond motifs is 3. The number of rotatable bonds is 3. The lowest BCUT2D eigenvalue weighted by molar-refractivity contribution is -0.141. The average molecular weight is 402 g/mol. The summed E-state index contributed by atoms with van der Waals surface area (Å²) < 4.78 is 52.2. The van der Waals surface area contributed by atoms with E-state index in [-0.39, 0.29) is 12.0 Å². The number of methoxy groups -OCH3 is 2. The first-order chi connectivity index (χ1) is 13.8. The van der Waals surface area contributed by atoms with Gasteiger partial charge in [-0.3, -0.25) is 0 Å². The van der Waals surface area contributed by atoms with Crippen LogP contribution in [0.25, 0.3) is 16.9 Å². The number of carbonyl (C=O) groups excluding carboxylic acids is 1.